The Hall–Kier alpha value is -4.52. The van der Waals surface area contributed by atoms with Gasteiger partial charge in [0.05, 0.1) is 24.2 Å². The molecule has 0 radical (unpaired) electrons. The standard InChI is InChI=1S/C32H38FN5O6S/c1-4-25-32(42)35-18-21-8-10-26(24(33)15-21)44-28-16-22(9-11-27(28)43-3)31(41)34-12-6-14-38(13-5-7-29(39)37-25)30(40)17-23-19-45-20(2)36-23/h8-11,15-16,19,25H,4-7,12-14,17-18H2,1-3H3,(H,34,41)(H,35,42)(H,37,39)/t25-/m0/s1. The fourth-order valence-electron chi connectivity index (χ4n) is 4.81. The number of hydrogen-bond acceptors (Lipinski definition) is 8. The largest absolute Gasteiger partial charge is 0.493 e. The number of carbonyl (C=O) groups is 4. The van der Waals surface area contributed by atoms with Crippen molar-refractivity contribution >= 4 is 35.0 Å². The summed E-state index contributed by atoms with van der Waals surface area (Å²) < 4.78 is 26.2. The molecule has 2 aliphatic rings. The van der Waals surface area contributed by atoms with Crippen LogP contribution in [0.5, 0.6) is 17.2 Å². The molecule has 5 rings (SSSR count). The van der Waals surface area contributed by atoms with E-state index in [0.29, 0.717) is 49.4 Å². The quantitative estimate of drug-likeness (QED) is 0.394. The van der Waals surface area contributed by atoms with Crippen LogP contribution >= 0.6 is 11.3 Å². The number of aryl methyl sites for hydroxylation is 1. The van der Waals surface area contributed by atoms with Gasteiger partial charge in [-0.3, -0.25) is 19.2 Å². The average molecular weight is 640 g/mol. The van der Waals surface area contributed by atoms with E-state index in [-0.39, 0.29) is 66.6 Å². The highest BCUT2D eigenvalue weighted by Gasteiger charge is 2.21. The second-order valence-corrected chi connectivity index (χ2v) is 11.7. The molecular weight excluding hydrogens is 601 g/mol. The van der Waals surface area contributed by atoms with Crippen LogP contribution in [-0.2, 0) is 27.3 Å². The molecule has 45 heavy (non-hydrogen) atoms. The third kappa shape index (κ3) is 9.48. The van der Waals surface area contributed by atoms with Crippen molar-refractivity contribution in [2.75, 3.05) is 26.7 Å². The van der Waals surface area contributed by atoms with Gasteiger partial charge in [-0.15, -0.1) is 11.3 Å². The van der Waals surface area contributed by atoms with Crippen molar-refractivity contribution in [3.8, 4) is 17.2 Å². The molecule has 3 aromatic rings. The zero-order valence-electron chi connectivity index (χ0n) is 25.6. The zero-order chi connectivity index (χ0) is 32.3. The number of hydrogen-bond donors (Lipinski definition) is 3. The number of fused-ring (bicyclic) bond motifs is 16. The minimum atomic E-state index is -0.763. The van der Waals surface area contributed by atoms with Gasteiger partial charge < -0.3 is 30.3 Å². The minimum absolute atomic E-state index is 0.0387. The summed E-state index contributed by atoms with van der Waals surface area (Å²) in [5, 5.41) is 11.1. The van der Waals surface area contributed by atoms with Gasteiger partial charge in [-0.2, -0.15) is 0 Å². The molecule has 3 heterocycles. The molecule has 4 bridgehead atoms. The van der Waals surface area contributed by atoms with Crippen molar-refractivity contribution in [3.63, 3.8) is 0 Å². The Morgan fingerprint density at radius 1 is 1.11 bits per heavy atom. The van der Waals surface area contributed by atoms with Gasteiger partial charge in [0.1, 0.15) is 6.04 Å². The van der Waals surface area contributed by atoms with E-state index in [9.17, 15) is 19.2 Å². The Balaban J connectivity index is 1.54. The van der Waals surface area contributed by atoms with Crippen molar-refractivity contribution < 1.29 is 33.0 Å². The smallest absolute Gasteiger partial charge is 0.251 e. The van der Waals surface area contributed by atoms with Crippen LogP contribution in [0.25, 0.3) is 0 Å². The molecule has 0 spiro atoms. The van der Waals surface area contributed by atoms with E-state index in [2.05, 4.69) is 20.9 Å². The van der Waals surface area contributed by atoms with E-state index in [0.717, 1.165) is 5.01 Å². The van der Waals surface area contributed by atoms with Crippen LogP contribution in [0.2, 0.25) is 0 Å². The number of nitrogens with zero attached hydrogens (tertiary/aromatic N) is 2. The van der Waals surface area contributed by atoms with Crippen LogP contribution in [0.1, 0.15) is 59.2 Å². The highest BCUT2D eigenvalue weighted by Crippen LogP contribution is 2.34. The predicted octanol–water partition coefficient (Wildman–Crippen LogP) is 3.89. The van der Waals surface area contributed by atoms with Crippen LogP contribution < -0.4 is 25.4 Å². The summed E-state index contributed by atoms with van der Waals surface area (Å²) in [4.78, 5) is 57.8. The molecule has 11 nitrogen and oxygen atoms in total. The first-order valence-electron chi connectivity index (χ1n) is 14.8. The summed E-state index contributed by atoms with van der Waals surface area (Å²) in [6.07, 6.45) is 1.47. The van der Waals surface area contributed by atoms with Gasteiger partial charge in [0, 0.05) is 43.5 Å². The first kappa shape index (κ1) is 33.4. The molecule has 0 saturated heterocycles. The first-order chi connectivity index (χ1) is 21.7. The van der Waals surface area contributed by atoms with Crippen LogP contribution in [-0.4, -0.2) is 66.3 Å². The Morgan fingerprint density at radius 3 is 2.62 bits per heavy atom. The van der Waals surface area contributed by atoms with Crippen molar-refractivity contribution in [1.29, 1.82) is 0 Å². The summed E-state index contributed by atoms with van der Waals surface area (Å²) in [5.41, 5.74) is 1.46. The molecule has 2 aromatic carbocycles. The monoisotopic (exact) mass is 639 g/mol. The Morgan fingerprint density at radius 2 is 1.91 bits per heavy atom. The maximum Gasteiger partial charge on any atom is 0.251 e. The van der Waals surface area contributed by atoms with Crippen LogP contribution in [0.15, 0.2) is 41.8 Å². The second-order valence-electron chi connectivity index (χ2n) is 10.6. The summed E-state index contributed by atoms with van der Waals surface area (Å²) in [6.45, 7) is 4.66. The molecule has 240 valence electrons. The Bertz CT molecular complexity index is 1530. The number of benzene rings is 2. The lowest BCUT2D eigenvalue weighted by molar-refractivity contribution is -0.131. The van der Waals surface area contributed by atoms with Crippen molar-refractivity contribution in [1.82, 2.24) is 25.8 Å². The lowest BCUT2D eigenvalue weighted by atomic mass is 10.1. The summed E-state index contributed by atoms with van der Waals surface area (Å²) in [5.74, 6) is -1.49. The van der Waals surface area contributed by atoms with Gasteiger partial charge in [0.25, 0.3) is 5.91 Å². The van der Waals surface area contributed by atoms with Crippen molar-refractivity contribution in [3.05, 3.63) is 69.4 Å². The molecular formula is C32H38FN5O6S. The first-order valence-corrected chi connectivity index (χ1v) is 15.7. The van der Waals surface area contributed by atoms with E-state index in [1.165, 1.54) is 36.6 Å². The third-order valence-electron chi connectivity index (χ3n) is 7.24. The highest BCUT2D eigenvalue weighted by atomic mass is 32.1. The van der Waals surface area contributed by atoms with E-state index in [1.54, 1.807) is 30.0 Å². The number of carbonyl (C=O) groups excluding carboxylic acids is 4. The summed E-state index contributed by atoms with van der Waals surface area (Å²) in [6, 6.07) is 8.13. The van der Waals surface area contributed by atoms with Crippen LogP contribution in [0.4, 0.5) is 4.39 Å². The number of ether oxygens (including phenoxy) is 2. The number of amides is 4. The van der Waals surface area contributed by atoms with Gasteiger partial charge in [-0.05, 0) is 62.1 Å². The van der Waals surface area contributed by atoms with E-state index in [1.807, 2.05) is 12.3 Å². The molecule has 0 fully saturated rings. The number of thiazole rings is 1. The fourth-order valence-corrected chi connectivity index (χ4v) is 5.42. The SMILES string of the molecule is CC[C@@H]1NC(=O)CCCN(C(=O)Cc2csc(C)n2)CCCNC(=O)c2ccc(OC)c(c2)Oc2ccc(cc2F)CNC1=O. The van der Waals surface area contributed by atoms with Gasteiger partial charge >= 0.3 is 0 Å². The van der Waals surface area contributed by atoms with E-state index >= 15 is 4.39 Å². The maximum absolute atomic E-state index is 15.0. The molecule has 13 heteroatoms. The topological polar surface area (TPSA) is 139 Å². The lowest BCUT2D eigenvalue weighted by Gasteiger charge is -2.23. The summed E-state index contributed by atoms with van der Waals surface area (Å²) >= 11 is 1.47. The Labute approximate surface area is 265 Å². The predicted molar refractivity (Wildman–Crippen MR) is 167 cm³/mol. The third-order valence-corrected chi connectivity index (χ3v) is 8.06. The molecule has 0 aliphatic carbocycles. The number of aromatic nitrogens is 1. The number of nitrogens with one attached hydrogen (secondary N) is 3. The van der Waals surface area contributed by atoms with Gasteiger partial charge in [0.15, 0.2) is 23.1 Å². The zero-order valence-corrected chi connectivity index (χ0v) is 26.4. The van der Waals surface area contributed by atoms with Crippen molar-refractivity contribution in [2.24, 2.45) is 0 Å². The molecule has 0 unspecified atom stereocenters. The van der Waals surface area contributed by atoms with E-state index < -0.39 is 11.9 Å². The molecule has 3 N–H and O–H groups in total. The lowest BCUT2D eigenvalue weighted by Crippen LogP contribution is -2.46. The van der Waals surface area contributed by atoms with Gasteiger partial charge in [-0.25, -0.2) is 9.37 Å². The van der Waals surface area contributed by atoms with Gasteiger partial charge in [-0.1, -0.05) is 13.0 Å². The number of rotatable bonds is 4. The normalized spacial score (nSPS) is 17.1. The fraction of sp³-hybridized carbons (Fsp3) is 0.406. The maximum atomic E-state index is 15.0. The Kier molecular flexibility index (Phi) is 11.9. The molecule has 0 saturated carbocycles. The highest BCUT2D eigenvalue weighted by molar-refractivity contribution is 7.09. The average Bonchev–Trinajstić information content (AvgIpc) is 3.44. The summed E-state index contributed by atoms with van der Waals surface area (Å²) in [7, 11) is 1.44. The molecule has 4 amide bonds. The van der Waals surface area contributed by atoms with Crippen LogP contribution in [0, 0.1) is 12.7 Å². The number of halogens is 1. The molecule has 1 atom stereocenters. The molecule has 2 aliphatic heterocycles. The number of methoxy groups -OCH3 is 1. The van der Waals surface area contributed by atoms with Crippen LogP contribution in [0.3, 0.4) is 0 Å². The van der Waals surface area contributed by atoms with E-state index in [4.69, 9.17) is 9.47 Å². The van der Waals surface area contributed by atoms with Crippen molar-refractivity contribution in [2.45, 2.75) is 58.5 Å². The molecule has 1 aromatic heterocycles. The second kappa shape index (κ2) is 16.0. The van der Waals surface area contributed by atoms with Gasteiger partial charge in [0.2, 0.25) is 17.7 Å². The minimum Gasteiger partial charge on any atom is -0.493 e.